The third kappa shape index (κ3) is 3.79. The van der Waals surface area contributed by atoms with Gasteiger partial charge in [0.05, 0.1) is 5.56 Å². The van der Waals surface area contributed by atoms with E-state index >= 15 is 0 Å². The minimum atomic E-state index is -0.992. The summed E-state index contributed by atoms with van der Waals surface area (Å²) in [6.45, 7) is 2.16. The lowest BCUT2D eigenvalue weighted by molar-refractivity contribution is 0.0642. The lowest BCUT2D eigenvalue weighted by Gasteiger charge is -2.22. The Bertz CT molecular complexity index is 449. The van der Waals surface area contributed by atoms with Crippen LogP contribution in [0.1, 0.15) is 33.6 Å². The van der Waals surface area contributed by atoms with Gasteiger partial charge >= 0.3 is 5.97 Å². The average molecular weight is 263 g/mol. The van der Waals surface area contributed by atoms with Crippen LogP contribution in [0.3, 0.4) is 0 Å². The van der Waals surface area contributed by atoms with E-state index in [2.05, 4.69) is 5.32 Å². The molecule has 0 aliphatic carbocycles. The molecule has 1 aliphatic rings. The van der Waals surface area contributed by atoms with Gasteiger partial charge in [0.1, 0.15) is 0 Å². The number of hydrogen-bond donors (Lipinski definition) is 2. The summed E-state index contributed by atoms with van der Waals surface area (Å²) in [5.74, 6) is -0.686. The van der Waals surface area contributed by atoms with Gasteiger partial charge < -0.3 is 15.2 Å². The minimum absolute atomic E-state index is 0.163. The molecule has 1 aromatic carbocycles. The van der Waals surface area contributed by atoms with E-state index in [0.717, 1.165) is 26.1 Å². The van der Waals surface area contributed by atoms with Gasteiger partial charge in [0.15, 0.2) is 0 Å². The summed E-state index contributed by atoms with van der Waals surface area (Å²) < 4.78 is 5.26. The van der Waals surface area contributed by atoms with Crippen molar-refractivity contribution in [2.75, 3.05) is 19.8 Å². The van der Waals surface area contributed by atoms with Crippen LogP contribution >= 0.6 is 0 Å². The topological polar surface area (TPSA) is 75.6 Å². The molecule has 0 unspecified atom stereocenters. The molecule has 1 heterocycles. The zero-order valence-electron chi connectivity index (χ0n) is 10.6. The quantitative estimate of drug-likeness (QED) is 0.864. The molecule has 0 atom stereocenters. The summed E-state index contributed by atoms with van der Waals surface area (Å²) in [5.41, 5.74) is 0.665. The highest BCUT2D eigenvalue weighted by molar-refractivity contribution is 5.95. The van der Waals surface area contributed by atoms with Crippen molar-refractivity contribution in [3.63, 3.8) is 0 Å². The second-order valence-corrected chi connectivity index (χ2v) is 4.65. The molecule has 0 spiro atoms. The predicted molar refractivity (Wildman–Crippen MR) is 69.3 cm³/mol. The van der Waals surface area contributed by atoms with E-state index in [1.807, 2.05) is 0 Å². The maximum Gasteiger partial charge on any atom is 0.335 e. The normalized spacial score (nSPS) is 16.0. The Hall–Kier alpha value is -1.88. The first kappa shape index (κ1) is 13.5. The number of hydrogen-bond acceptors (Lipinski definition) is 3. The highest BCUT2D eigenvalue weighted by Gasteiger charge is 2.15. The van der Waals surface area contributed by atoms with Crippen LogP contribution in [0.5, 0.6) is 0 Å². The van der Waals surface area contributed by atoms with Crippen LogP contribution in [0.15, 0.2) is 24.3 Å². The molecule has 5 nitrogen and oxygen atoms in total. The first-order valence-electron chi connectivity index (χ1n) is 6.36. The molecule has 5 heteroatoms. The van der Waals surface area contributed by atoms with Gasteiger partial charge in [0.25, 0.3) is 5.91 Å². The van der Waals surface area contributed by atoms with Gasteiger partial charge in [-0.3, -0.25) is 4.79 Å². The summed E-state index contributed by atoms with van der Waals surface area (Å²) >= 11 is 0. The highest BCUT2D eigenvalue weighted by atomic mass is 16.5. The molecule has 1 aromatic rings. The first-order valence-corrected chi connectivity index (χ1v) is 6.36. The number of carboxylic acid groups (broad SMARTS) is 1. The van der Waals surface area contributed by atoms with Crippen molar-refractivity contribution in [3.8, 4) is 0 Å². The summed E-state index contributed by atoms with van der Waals surface area (Å²) in [5, 5.41) is 11.7. The number of nitrogens with one attached hydrogen (secondary N) is 1. The Kier molecular flexibility index (Phi) is 4.52. The van der Waals surface area contributed by atoms with E-state index < -0.39 is 5.97 Å². The SMILES string of the molecule is O=C(O)c1ccc(C(=O)NCC2CCOCC2)cc1. The van der Waals surface area contributed by atoms with E-state index in [1.165, 1.54) is 24.3 Å². The number of aromatic carboxylic acids is 1. The zero-order chi connectivity index (χ0) is 13.7. The molecule has 1 amide bonds. The molecule has 2 N–H and O–H groups in total. The number of carbonyl (C=O) groups is 2. The van der Waals surface area contributed by atoms with Crippen LogP contribution in [0.4, 0.5) is 0 Å². The average Bonchev–Trinajstić information content (AvgIpc) is 2.46. The van der Waals surface area contributed by atoms with E-state index in [-0.39, 0.29) is 11.5 Å². The summed E-state index contributed by atoms with van der Waals surface area (Å²) in [4.78, 5) is 22.6. The molecule has 0 bridgehead atoms. The van der Waals surface area contributed by atoms with Crippen LogP contribution in [0, 0.1) is 5.92 Å². The monoisotopic (exact) mass is 263 g/mol. The fraction of sp³-hybridized carbons (Fsp3) is 0.429. The van der Waals surface area contributed by atoms with Crippen molar-refractivity contribution in [3.05, 3.63) is 35.4 Å². The third-order valence-corrected chi connectivity index (χ3v) is 3.29. The van der Waals surface area contributed by atoms with Crippen LogP contribution in [0.25, 0.3) is 0 Å². The smallest absolute Gasteiger partial charge is 0.335 e. The lowest BCUT2D eigenvalue weighted by atomic mass is 10.0. The molecule has 0 saturated carbocycles. The van der Waals surface area contributed by atoms with Crippen molar-refractivity contribution in [1.82, 2.24) is 5.32 Å². The van der Waals surface area contributed by atoms with Gasteiger partial charge in [0, 0.05) is 25.3 Å². The van der Waals surface area contributed by atoms with Gasteiger partial charge in [-0.15, -0.1) is 0 Å². The molecule has 19 heavy (non-hydrogen) atoms. The molecule has 1 aliphatic heterocycles. The van der Waals surface area contributed by atoms with Crippen molar-refractivity contribution in [2.45, 2.75) is 12.8 Å². The molecule has 0 aromatic heterocycles. The van der Waals surface area contributed by atoms with Crippen LogP contribution in [-0.4, -0.2) is 36.7 Å². The summed E-state index contributed by atoms with van der Waals surface area (Å²) in [6, 6.07) is 5.93. The molecule has 2 rings (SSSR count). The summed E-state index contributed by atoms with van der Waals surface area (Å²) in [6.07, 6.45) is 1.94. The van der Waals surface area contributed by atoms with Crippen molar-refractivity contribution < 1.29 is 19.4 Å². The molecule has 1 saturated heterocycles. The number of amides is 1. The van der Waals surface area contributed by atoms with Gasteiger partial charge in [-0.1, -0.05) is 0 Å². The van der Waals surface area contributed by atoms with Crippen molar-refractivity contribution in [2.24, 2.45) is 5.92 Å². The maximum atomic E-state index is 11.9. The van der Waals surface area contributed by atoms with Crippen molar-refractivity contribution >= 4 is 11.9 Å². The zero-order valence-corrected chi connectivity index (χ0v) is 10.6. The van der Waals surface area contributed by atoms with Crippen LogP contribution < -0.4 is 5.32 Å². The second kappa shape index (κ2) is 6.33. The standard InChI is InChI=1S/C14H17NO4/c16-13(15-9-10-5-7-19-8-6-10)11-1-3-12(4-2-11)14(17)18/h1-4,10H,5-9H2,(H,15,16)(H,17,18). The molecule has 102 valence electrons. The fourth-order valence-electron chi connectivity index (χ4n) is 2.05. The van der Waals surface area contributed by atoms with E-state index in [9.17, 15) is 9.59 Å². The van der Waals surface area contributed by atoms with Crippen LogP contribution in [0.2, 0.25) is 0 Å². The highest BCUT2D eigenvalue weighted by Crippen LogP contribution is 2.13. The van der Waals surface area contributed by atoms with E-state index in [4.69, 9.17) is 9.84 Å². The van der Waals surface area contributed by atoms with E-state index in [0.29, 0.717) is 18.0 Å². The Morgan fingerprint density at radius 3 is 2.32 bits per heavy atom. The lowest BCUT2D eigenvalue weighted by Crippen LogP contribution is -2.32. The Morgan fingerprint density at radius 1 is 1.16 bits per heavy atom. The predicted octanol–water partition coefficient (Wildman–Crippen LogP) is 1.54. The number of carbonyl (C=O) groups excluding carboxylic acids is 1. The second-order valence-electron chi connectivity index (χ2n) is 4.65. The number of rotatable bonds is 4. The van der Waals surface area contributed by atoms with Gasteiger partial charge in [-0.2, -0.15) is 0 Å². The molecular weight excluding hydrogens is 246 g/mol. The minimum Gasteiger partial charge on any atom is -0.478 e. The number of carboxylic acids is 1. The Labute approximate surface area is 111 Å². The molecule has 1 fully saturated rings. The number of benzene rings is 1. The van der Waals surface area contributed by atoms with Crippen molar-refractivity contribution in [1.29, 1.82) is 0 Å². The third-order valence-electron chi connectivity index (χ3n) is 3.29. The fourth-order valence-corrected chi connectivity index (χ4v) is 2.05. The molecular formula is C14H17NO4. The van der Waals surface area contributed by atoms with E-state index in [1.54, 1.807) is 0 Å². The maximum absolute atomic E-state index is 11.9. The first-order chi connectivity index (χ1) is 9.16. The summed E-state index contributed by atoms with van der Waals surface area (Å²) in [7, 11) is 0. The Morgan fingerprint density at radius 2 is 1.74 bits per heavy atom. The van der Waals surface area contributed by atoms with Gasteiger partial charge in [-0.05, 0) is 43.0 Å². The van der Waals surface area contributed by atoms with Crippen LogP contribution in [-0.2, 0) is 4.74 Å². The largest absolute Gasteiger partial charge is 0.478 e. The molecule has 0 radical (unpaired) electrons. The number of ether oxygens (including phenoxy) is 1. The van der Waals surface area contributed by atoms with Gasteiger partial charge in [0.2, 0.25) is 0 Å². The van der Waals surface area contributed by atoms with Gasteiger partial charge in [-0.25, -0.2) is 4.79 Å². The Balaban J connectivity index is 1.86.